The van der Waals surface area contributed by atoms with E-state index in [0.717, 1.165) is 5.52 Å². The molecule has 0 aliphatic heterocycles. The minimum Gasteiger partial charge on any atom is -0.277 e. The van der Waals surface area contributed by atoms with E-state index in [1.807, 2.05) is 18.2 Å². The van der Waals surface area contributed by atoms with Gasteiger partial charge >= 0.3 is 0 Å². The average Bonchev–Trinajstić information content (AvgIpc) is 2.99. The number of nitro groups is 1. The lowest BCUT2D eigenvalue weighted by Gasteiger charge is -1.97. The van der Waals surface area contributed by atoms with Crippen molar-refractivity contribution in [1.29, 1.82) is 0 Å². The summed E-state index contributed by atoms with van der Waals surface area (Å²) in [7, 11) is 0. The van der Waals surface area contributed by atoms with Crippen molar-refractivity contribution in [3.05, 3.63) is 69.9 Å². The van der Waals surface area contributed by atoms with Crippen LogP contribution in [0.25, 0.3) is 10.9 Å². The van der Waals surface area contributed by atoms with E-state index in [0.29, 0.717) is 10.9 Å². The second-order valence-corrected chi connectivity index (χ2v) is 4.67. The van der Waals surface area contributed by atoms with Gasteiger partial charge in [-0.25, -0.2) is 5.43 Å². The molecule has 0 spiro atoms. The molecule has 23 heavy (non-hydrogen) atoms. The Morgan fingerprint density at radius 3 is 2.70 bits per heavy atom. The van der Waals surface area contributed by atoms with E-state index in [9.17, 15) is 14.9 Å². The highest BCUT2D eigenvalue weighted by molar-refractivity contribution is 6.04. The van der Waals surface area contributed by atoms with Crippen LogP contribution in [0.15, 0.2) is 53.6 Å². The zero-order valence-corrected chi connectivity index (χ0v) is 11.8. The Bertz CT molecular complexity index is 899. The first kappa shape index (κ1) is 14.4. The van der Waals surface area contributed by atoms with Crippen LogP contribution in [-0.2, 0) is 0 Å². The molecule has 0 radical (unpaired) electrons. The summed E-state index contributed by atoms with van der Waals surface area (Å²) in [6.45, 7) is 0. The fraction of sp³-hybridized carbons (Fsp3) is 0. The third-order valence-electron chi connectivity index (χ3n) is 3.17. The number of carbonyl (C=O) groups excluding carboxylic acids is 1. The molecule has 8 nitrogen and oxygen atoms in total. The Hall–Kier alpha value is -3.55. The van der Waals surface area contributed by atoms with Gasteiger partial charge in [-0.1, -0.05) is 18.2 Å². The number of hydrogen-bond donors (Lipinski definition) is 2. The van der Waals surface area contributed by atoms with Gasteiger partial charge in [-0.05, 0) is 23.8 Å². The number of fused-ring (bicyclic) bond motifs is 1. The Balaban J connectivity index is 1.70. The Morgan fingerprint density at radius 2 is 1.96 bits per heavy atom. The maximum atomic E-state index is 12.1. The summed E-state index contributed by atoms with van der Waals surface area (Å²) in [6.07, 6.45) is 1.40. The number of nitro benzene ring substituents is 1. The van der Waals surface area contributed by atoms with Crippen LogP contribution in [0.5, 0.6) is 0 Å². The van der Waals surface area contributed by atoms with Gasteiger partial charge in [0.1, 0.15) is 0 Å². The second-order valence-electron chi connectivity index (χ2n) is 4.67. The van der Waals surface area contributed by atoms with Gasteiger partial charge in [0.15, 0.2) is 5.69 Å². The second kappa shape index (κ2) is 6.06. The van der Waals surface area contributed by atoms with Gasteiger partial charge in [-0.15, -0.1) is 0 Å². The zero-order valence-electron chi connectivity index (χ0n) is 11.8. The van der Waals surface area contributed by atoms with Crippen LogP contribution < -0.4 is 5.43 Å². The van der Waals surface area contributed by atoms with E-state index >= 15 is 0 Å². The molecule has 2 N–H and O–H groups in total. The number of para-hydroxylation sites is 1. The first-order chi connectivity index (χ1) is 11.1. The summed E-state index contributed by atoms with van der Waals surface area (Å²) in [4.78, 5) is 22.1. The molecule has 114 valence electrons. The summed E-state index contributed by atoms with van der Waals surface area (Å²) in [5, 5.41) is 21.8. The molecule has 0 atom stereocenters. The Labute approximate surface area is 130 Å². The molecule has 0 bridgehead atoms. The van der Waals surface area contributed by atoms with Crippen molar-refractivity contribution < 1.29 is 9.72 Å². The highest BCUT2D eigenvalue weighted by atomic mass is 16.6. The first-order valence-corrected chi connectivity index (χ1v) is 6.66. The number of benzene rings is 2. The molecule has 0 unspecified atom stereocenters. The Morgan fingerprint density at radius 1 is 1.22 bits per heavy atom. The molecule has 0 saturated carbocycles. The van der Waals surface area contributed by atoms with Crippen LogP contribution in [-0.4, -0.2) is 27.2 Å². The van der Waals surface area contributed by atoms with Crippen molar-refractivity contribution in [3.63, 3.8) is 0 Å². The number of aromatic nitrogens is 2. The zero-order chi connectivity index (χ0) is 16.2. The molecule has 3 aromatic rings. The SMILES string of the molecule is O=C(N/N=C/c1ccc([N+](=O)[O-])cc1)c1n[nH]c2ccccc12. The molecule has 1 heterocycles. The third-order valence-corrected chi connectivity index (χ3v) is 3.17. The molecule has 3 rings (SSSR count). The molecular weight excluding hydrogens is 298 g/mol. The Kier molecular flexibility index (Phi) is 3.79. The van der Waals surface area contributed by atoms with Crippen LogP contribution >= 0.6 is 0 Å². The van der Waals surface area contributed by atoms with E-state index in [2.05, 4.69) is 20.7 Å². The largest absolute Gasteiger partial charge is 0.292 e. The number of carbonyl (C=O) groups is 1. The van der Waals surface area contributed by atoms with E-state index in [1.54, 1.807) is 6.07 Å². The number of non-ortho nitro benzene ring substituents is 1. The molecule has 2 aromatic carbocycles. The topological polar surface area (TPSA) is 113 Å². The fourth-order valence-corrected chi connectivity index (χ4v) is 2.04. The van der Waals surface area contributed by atoms with E-state index in [1.165, 1.54) is 30.5 Å². The number of hydrazone groups is 1. The highest BCUT2D eigenvalue weighted by Gasteiger charge is 2.12. The van der Waals surface area contributed by atoms with E-state index in [-0.39, 0.29) is 11.4 Å². The van der Waals surface area contributed by atoms with E-state index < -0.39 is 10.8 Å². The molecule has 8 heteroatoms. The monoisotopic (exact) mass is 309 g/mol. The minimum atomic E-state index is -0.481. The number of nitrogens with one attached hydrogen (secondary N) is 2. The smallest absolute Gasteiger partial charge is 0.277 e. The molecule has 0 saturated heterocycles. The number of hydrogen-bond acceptors (Lipinski definition) is 5. The summed E-state index contributed by atoms with van der Waals surface area (Å²) >= 11 is 0. The van der Waals surface area contributed by atoms with Crippen LogP contribution in [0.3, 0.4) is 0 Å². The normalized spacial score (nSPS) is 11.0. The van der Waals surface area contributed by atoms with Gasteiger partial charge in [-0.3, -0.25) is 20.0 Å². The minimum absolute atomic E-state index is 0.00539. The third kappa shape index (κ3) is 3.05. The van der Waals surface area contributed by atoms with E-state index in [4.69, 9.17) is 0 Å². The van der Waals surface area contributed by atoms with Gasteiger partial charge < -0.3 is 0 Å². The molecule has 0 aliphatic carbocycles. The van der Waals surface area contributed by atoms with Crippen molar-refractivity contribution in [1.82, 2.24) is 15.6 Å². The first-order valence-electron chi connectivity index (χ1n) is 6.66. The maximum Gasteiger partial charge on any atom is 0.292 e. The van der Waals surface area contributed by atoms with Gasteiger partial charge in [0.2, 0.25) is 0 Å². The summed E-state index contributed by atoms with van der Waals surface area (Å²) < 4.78 is 0. The maximum absolute atomic E-state index is 12.1. The van der Waals surface area contributed by atoms with Gasteiger partial charge in [0.05, 0.1) is 16.7 Å². The summed E-state index contributed by atoms with van der Waals surface area (Å²) in [6, 6.07) is 13.1. The van der Waals surface area contributed by atoms with Crippen molar-refractivity contribution in [2.45, 2.75) is 0 Å². The number of rotatable bonds is 4. The lowest BCUT2D eigenvalue weighted by molar-refractivity contribution is -0.384. The molecule has 1 aromatic heterocycles. The predicted molar refractivity (Wildman–Crippen MR) is 84.3 cm³/mol. The van der Waals surface area contributed by atoms with Gasteiger partial charge in [0.25, 0.3) is 11.6 Å². The fourth-order valence-electron chi connectivity index (χ4n) is 2.04. The highest BCUT2D eigenvalue weighted by Crippen LogP contribution is 2.14. The van der Waals surface area contributed by atoms with Gasteiger partial charge in [-0.2, -0.15) is 10.2 Å². The number of amides is 1. The average molecular weight is 309 g/mol. The lowest BCUT2D eigenvalue weighted by Crippen LogP contribution is -2.18. The lowest BCUT2D eigenvalue weighted by atomic mass is 10.2. The van der Waals surface area contributed by atoms with Crippen LogP contribution in [0, 0.1) is 10.1 Å². The molecule has 0 aliphatic rings. The summed E-state index contributed by atoms with van der Waals surface area (Å²) in [5.41, 5.74) is 4.01. The quantitative estimate of drug-likeness (QED) is 0.437. The number of aromatic amines is 1. The van der Waals surface area contributed by atoms with Crippen molar-refractivity contribution in [2.75, 3.05) is 0 Å². The molecular formula is C15H11N5O3. The number of nitrogens with zero attached hydrogens (tertiary/aromatic N) is 3. The molecule has 0 fully saturated rings. The van der Waals surface area contributed by atoms with Crippen molar-refractivity contribution in [2.24, 2.45) is 5.10 Å². The number of H-pyrrole nitrogens is 1. The predicted octanol–water partition coefficient (Wildman–Crippen LogP) is 2.24. The molecule has 1 amide bonds. The van der Waals surface area contributed by atoms with Crippen molar-refractivity contribution in [3.8, 4) is 0 Å². The van der Waals surface area contributed by atoms with Crippen molar-refractivity contribution >= 4 is 28.7 Å². The van der Waals surface area contributed by atoms with Crippen LogP contribution in [0.1, 0.15) is 16.1 Å². The van der Waals surface area contributed by atoms with Crippen LogP contribution in [0.4, 0.5) is 5.69 Å². The van der Waals surface area contributed by atoms with Gasteiger partial charge in [0, 0.05) is 17.5 Å². The summed E-state index contributed by atoms with van der Waals surface area (Å²) in [5.74, 6) is -0.444. The van der Waals surface area contributed by atoms with Crippen LogP contribution in [0.2, 0.25) is 0 Å². The standard InChI is InChI=1S/C15H11N5O3/c21-15(14-12-3-1-2-4-13(12)17-18-14)19-16-9-10-5-7-11(8-6-10)20(22)23/h1-9H,(H,17,18)(H,19,21)/b16-9+.